The van der Waals surface area contributed by atoms with Crippen molar-refractivity contribution in [2.75, 3.05) is 12.3 Å². The molecule has 3 heterocycles. The number of aromatic nitrogens is 4. The summed E-state index contributed by atoms with van der Waals surface area (Å²) >= 11 is 0. The average molecular weight is 342 g/mol. The Balaban J connectivity index is 1.82. The molecule has 1 fully saturated rings. The third-order valence-electron chi connectivity index (χ3n) is 4.98. The van der Waals surface area contributed by atoms with Gasteiger partial charge in [-0.25, -0.2) is 0 Å². The van der Waals surface area contributed by atoms with Crippen molar-refractivity contribution in [1.82, 2.24) is 24.9 Å². The summed E-state index contributed by atoms with van der Waals surface area (Å²) in [5.74, 6) is 0.536. The molecule has 1 aliphatic heterocycles. The molecule has 25 heavy (non-hydrogen) atoms. The largest absolute Gasteiger partial charge is 0.382 e. The SMILES string of the molecule is CCc1nn(C)c(CC)c1CC(=O)N1CCCC1c1ccc(N)nn1. The molecular weight excluding hydrogens is 316 g/mol. The van der Waals surface area contributed by atoms with Crippen LogP contribution in [0.25, 0.3) is 0 Å². The fourth-order valence-electron chi connectivity index (χ4n) is 3.75. The van der Waals surface area contributed by atoms with Crippen LogP contribution in [0.2, 0.25) is 0 Å². The topological polar surface area (TPSA) is 89.9 Å². The summed E-state index contributed by atoms with van der Waals surface area (Å²) in [7, 11) is 1.95. The minimum absolute atomic E-state index is 0.00701. The molecule has 0 saturated carbocycles. The monoisotopic (exact) mass is 342 g/mol. The van der Waals surface area contributed by atoms with E-state index >= 15 is 0 Å². The molecule has 0 spiro atoms. The number of rotatable bonds is 5. The molecule has 0 bridgehead atoms. The summed E-state index contributed by atoms with van der Waals surface area (Å²) in [6, 6.07) is 3.61. The molecule has 134 valence electrons. The molecule has 1 unspecified atom stereocenters. The Hall–Kier alpha value is -2.44. The standard InChI is InChI=1S/C18H26N6O/c1-4-13-12(15(5-2)23(3)22-13)11-18(25)24-10-6-7-16(24)14-8-9-17(19)21-20-14/h8-9,16H,4-7,10-11H2,1-3H3,(H2,19,21). The highest BCUT2D eigenvalue weighted by atomic mass is 16.2. The van der Waals surface area contributed by atoms with Gasteiger partial charge in [0.25, 0.3) is 0 Å². The molecule has 0 aliphatic carbocycles. The summed E-state index contributed by atoms with van der Waals surface area (Å²) < 4.78 is 1.91. The van der Waals surface area contributed by atoms with Gasteiger partial charge in [-0.2, -0.15) is 10.2 Å². The van der Waals surface area contributed by atoms with Crippen molar-refractivity contribution in [3.63, 3.8) is 0 Å². The van der Waals surface area contributed by atoms with Gasteiger partial charge in [-0.15, -0.1) is 5.10 Å². The fraction of sp³-hybridized carbons (Fsp3) is 0.556. The average Bonchev–Trinajstić information content (AvgIpc) is 3.20. The number of amides is 1. The number of carbonyl (C=O) groups excluding carboxylic acids is 1. The highest BCUT2D eigenvalue weighted by Crippen LogP contribution is 2.31. The Labute approximate surface area is 148 Å². The van der Waals surface area contributed by atoms with Gasteiger partial charge in [-0.05, 0) is 37.8 Å². The summed E-state index contributed by atoms with van der Waals surface area (Å²) in [5.41, 5.74) is 9.70. The van der Waals surface area contributed by atoms with Gasteiger partial charge in [0.2, 0.25) is 5.91 Å². The maximum absolute atomic E-state index is 13.0. The van der Waals surface area contributed by atoms with Crippen molar-refractivity contribution in [2.24, 2.45) is 7.05 Å². The Morgan fingerprint density at radius 3 is 2.72 bits per heavy atom. The molecule has 7 heteroatoms. The minimum Gasteiger partial charge on any atom is -0.382 e. The number of hydrogen-bond acceptors (Lipinski definition) is 5. The fourth-order valence-corrected chi connectivity index (χ4v) is 3.75. The molecule has 1 saturated heterocycles. The lowest BCUT2D eigenvalue weighted by Crippen LogP contribution is -2.32. The molecular formula is C18H26N6O. The second kappa shape index (κ2) is 7.21. The summed E-state index contributed by atoms with van der Waals surface area (Å²) in [6.07, 6.45) is 4.01. The van der Waals surface area contributed by atoms with Crippen molar-refractivity contribution in [3.8, 4) is 0 Å². The van der Waals surface area contributed by atoms with Crippen LogP contribution in [0.15, 0.2) is 12.1 Å². The zero-order valence-electron chi connectivity index (χ0n) is 15.2. The molecule has 2 aromatic rings. The summed E-state index contributed by atoms with van der Waals surface area (Å²) in [5, 5.41) is 12.7. The first-order chi connectivity index (χ1) is 12.0. The van der Waals surface area contributed by atoms with E-state index < -0.39 is 0 Å². The number of aryl methyl sites for hydroxylation is 2. The Morgan fingerprint density at radius 1 is 1.28 bits per heavy atom. The lowest BCUT2D eigenvalue weighted by Gasteiger charge is -2.24. The van der Waals surface area contributed by atoms with Crippen molar-refractivity contribution in [2.45, 2.75) is 52.0 Å². The lowest BCUT2D eigenvalue weighted by molar-refractivity contribution is -0.131. The van der Waals surface area contributed by atoms with E-state index in [4.69, 9.17) is 5.73 Å². The maximum atomic E-state index is 13.0. The molecule has 1 amide bonds. The van der Waals surface area contributed by atoms with E-state index in [1.807, 2.05) is 22.7 Å². The van der Waals surface area contributed by atoms with E-state index in [-0.39, 0.29) is 11.9 Å². The first-order valence-corrected chi connectivity index (χ1v) is 8.97. The normalized spacial score (nSPS) is 17.2. The quantitative estimate of drug-likeness (QED) is 0.895. The van der Waals surface area contributed by atoms with Crippen LogP contribution in [0, 0.1) is 0 Å². The van der Waals surface area contributed by atoms with E-state index in [9.17, 15) is 4.79 Å². The van der Waals surface area contributed by atoms with Gasteiger partial charge in [0, 0.05) is 24.8 Å². The Kier molecular flexibility index (Phi) is 5.01. The van der Waals surface area contributed by atoms with Crippen LogP contribution in [0.3, 0.4) is 0 Å². The van der Waals surface area contributed by atoms with Crippen LogP contribution in [-0.4, -0.2) is 37.3 Å². The third-order valence-corrected chi connectivity index (χ3v) is 4.98. The van der Waals surface area contributed by atoms with E-state index in [0.717, 1.165) is 54.9 Å². The summed E-state index contributed by atoms with van der Waals surface area (Å²) in [4.78, 5) is 15.0. The van der Waals surface area contributed by atoms with Crippen LogP contribution in [-0.2, 0) is 31.1 Å². The number of nitrogens with two attached hydrogens (primary N) is 1. The van der Waals surface area contributed by atoms with Crippen LogP contribution in [0.5, 0.6) is 0 Å². The van der Waals surface area contributed by atoms with Crippen molar-refractivity contribution < 1.29 is 4.79 Å². The lowest BCUT2D eigenvalue weighted by atomic mass is 10.0. The van der Waals surface area contributed by atoms with Crippen LogP contribution < -0.4 is 5.73 Å². The molecule has 0 radical (unpaired) electrons. The molecule has 3 rings (SSSR count). The van der Waals surface area contributed by atoms with Crippen LogP contribution >= 0.6 is 0 Å². The Bertz CT molecular complexity index is 752. The number of carbonyl (C=O) groups is 1. The zero-order valence-corrected chi connectivity index (χ0v) is 15.2. The summed E-state index contributed by atoms with van der Waals surface area (Å²) in [6.45, 7) is 4.95. The maximum Gasteiger partial charge on any atom is 0.227 e. The second-order valence-corrected chi connectivity index (χ2v) is 6.51. The molecule has 1 aliphatic rings. The number of anilines is 1. The first kappa shape index (κ1) is 17.4. The van der Waals surface area contributed by atoms with Gasteiger partial charge in [0.1, 0.15) is 5.82 Å². The number of nitrogens with zero attached hydrogens (tertiary/aromatic N) is 5. The van der Waals surface area contributed by atoms with E-state index in [1.165, 1.54) is 0 Å². The second-order valence-electron chi connectivity index (χ2n) is 6.51. The zero-order chi connectivity index (χ0) is 18.0. The molecule has 7 nitrogen and oxygen atoms in total. The smallest absolute Gasteiger partial charge is 0.227 e. The van der Waals surface area contributed by atoms with E-state index in [0.29, 0.717) is 12.2 Å². The predicted octanol–water partition coefficient (Wildman–Crippen LogP) is 1.82. The van der Waals surface area contributed by atoms with Crippen LogP contribution in [0.1, 0.15) is 55.4 Å². The van der Waals surface area contributed by atoms with Crippen molar-refractivity contribution in [3.05, 3.63) is 34.8 Å². The van der Waals surface area contributed by atoms with E-state index in [1.54, 1.807) is 6.07 Å². The molecule has 2 N–H and O–H groups in total. The van der Waals surface area contributed by atoms with Crippen molar-refractivity contribution >= 4 is 11.7 Å². The van der Waals surface area contributed by atoms with Gasteiger partial charge in [-0.1, -0.05) is 13.8 Å². The van der Waals surface area contributed by atoms with Crippen LogP contribution in [0.4, 0.5) is 5.82 Å². The van der Waals surface area contributed by atoms with Gasteiger partial charge in [0.05, 0.1) is 23.9 Å². The first-order valence-electron chi connectivity index (χ1n) is 8.97. The van der Waals surface area contributed by atoms with E-state index in [2.05, 4.69) is 29.1 Å². The number of hydrogen-bond donors (Lipinski definition) is 1. The molecule has 1 atom stereocenters. The highest BCUT2D eigenvalue weighted by Gasteiger charge is 2.32. The Morgan fingerprint density at radius 2 is 2.08 bits per heavy atom. The van der Waals surface area contributed by atoms with Gasteiger partial charge < -0.3 is 10.6 Å². The number of likely N-dealkylation sites (tertiary alicyclic amines) is 1. The minimum atomic E-state index is -0.00701. The molecule has 0 aromatic carbocycles. The van der Waals surface area contributed by atoms with Gasteiger partial charge in [-0.3, -0.25) is 9.48 Å². The molecule has 2 aromatic heterocycles. The number of nitrogen functional groups attached to an aromatic ring is 1. The highest BCUT2D eigenvalue weighted by molar-refractivity contribution is 5.80. The van der Waals surface area contributed by atoms with Crippen molar-refractivity contribution in [1.29, 1.82) is 0 Å². The predicted molar refractivity (Wildman–Crippen MR) is 95.8 cm³/mol. The van der Waals surface area contributed by atoms with Gasteiger partial charge >= 0.3 is 0 Å². The van der Waals surface area contributed by atoms with Gasteiger partial charge in [0.15, 0.2) is 0 Å². The third kappa shape index (κ3) is 3.36.